The van der Waals surface area contributed by atoms with E-state index >= 15 is 0 Å². The monoisotopic (exact) mass is 382 g/mol. The molecule has 1 aromatic heterocycles. The van der Waals surface area contributed by atoms with Crippen LogP contribution in [0.25, 0.3) is 11.0 Å². The van der Waals surface area contributed by atoms with E-state index in [0.29, 0.717) is 23.6 Å². The first-order valence-electron chi connectivity index (χ1n) is 9.26. The van der Waals surface area contributed by atoms with Gasteiger partial charge in [0.05, 0.1) is 25.9 Å². The van der Waals surface area contributed by atoms with Crippen LogP contribution in [0.1, 0.15) is 32.1 Å². The lowest BCUT2D eigenvalue weighted by Crippen LogP contribution is -2.32. The largest absolute Gasteiger partial charge is 0.497 e. The summed E-state index contributed by atoms with van der Waals surface area (Å²) in [5, 5.41) is 7.38. The molecule has 0 aliphatic rings. The molecule has 2 atom stereocenters. The fourth-order valence-electron chi connectivity index (χ4n) is 3.16. The van der Waals surface area contributed by atoms with E-state index in [9.17, 15) is 4.79 Å². The minimum atomic E-state index is -0.0970. The molecule has 3 aromatic rings. The van der Waals surface area contributed by atoms with E-state index in [1.54, 1.807) is 32.4 Å². The number of methoxy groups -OCH3 is 2. The topological polar surface area (TPSA) is 72.7 Å². The molecule has 148 valence electrons. The number of ether oxygens (including phenoxy) is 2. The van der Waals surface area contributed by atoms with Crippen LogP contribution in [0.4, 0.5) is 5.69 Å². The molecule has 0 fully saturated rings. The van der Waals surface area contributed by atoms with Gasteiger partial charge in [-0.3, -0.25) is 4.79 Å². The number of rotatable bonds is 8. The van der Waals surface area contributed by atoms with E-state index < -0.39 is 0 Å². The number of benzene rings is 2. The predicted molar refractivity (Wildman–Crippen MR) is 110 cm³/mol. The SMILES string of the molecule is COc1ccc(NC(=O)CC(C)NC(C)c2cc3ccccc3o2)c(OC)c1. The summed E-state index contributed by atoms with van der Waals surface area (Å²) in [6.07, 6.45) is 0.319. The first-order chi connectivity index (χ1) is 13.5. The maximum Gasteiger partial charge on any atom is 0.226 e. The Hall–Kier alpha value is -2.99. The zero-order valence-electron chi connectivity index (χ0n) is 16.6. The van der Waals surface area contributed by atoms with Gasteiger partial charge in [0.1, 0.15) is 22.8 Å². The van der Waals surface area contributed by atoms with E-state index in [-0.39, 0.29) is 18.0 Å². The van der Waals surface area contributed by atoms with Crippen molar-refractivity contribution in [1.29, 1.82) is 0 Å². The average Bonchev–Trinajstić information content (AvgIpc) is 3.12. The summed E-state index contributed by atoms with van der Waals surface area (Å²) < 4.78 is 16.4. The molecule has 0 radical (unpaired) electrons. The van der Waals surface area contributed by atoms with Crippen LogP contribution in [0.15, 0.2) is 52.9 Å². The molecule has 2 unspecified atom stereocenters. The number of fused-ring (bicyclic) bond motifs is 1. The van der Waals surface area contributed by atoms with Crippen LogP contribution in [-0.4, -0.2) is 26.2 Å². The molecule has 6 nitrogen and oxygen atoms in total. The maximum absolute atomic E-state index is 12.4. The quantitative estimate of drug-likeness (QED) is 0.599. The van der Waals surface area contributed by atoms with Crippen LogP contribution >= 0.6 is 0 Å². The van der Waals surface area contributed by atoms with Gasteiger partial charge in [-0.15, -0.1) is 0 Å². The van der Waals surface area contributed by atoms with Crippen molar-refractivity contribution in [3.63, 3.8) is 0 Å². The molecule has 3 rings (SSSR count). The standard InChI is InChI=1S/C22H26N2O4/c1-14(23-15(2)20-12-16-7-5-6-8-19(16)28-20)11-22(25)24-18-10-9-17(26-3)13-21(18)27-4/h5-10,12-15,23H,11H2,1-4H3,(H,24,25). The molecule has 2 N–H and O–H groups in total. The summed E-state index contributed by atoms with van der Waals surface area (Å²) >= 11 is 0. The number of para-hydroxylation sites is 1. The second kappa shape index (κ2) is 8.80. The summed E-state index contributed by atoms with van der Waals surface area (Å²) in [4.78, 5) is 12.4. The van der Waals surface area contributed by atoms with Crippen LogP contribution in [0.5, 0.6) is 11.5 Å². The van der Waals surface area contributed by atoms with Gasteiger partial charge in [-0.05, 0) is 38.1 Å². The Balaban J connectivity index is 1.58. The van der Waals surface area contributed by atoms with Crippen molar-refractivity contribution in [2.75, 3.05) is 19.5 Å². The minimum absolute atomic E-state index is 0.00859. The zero-order chi connectivity index (χ0) is 20.1. The summed E-state index contributed by atoms with van der Waals surface area (Å²) in [5.41, 5.74) is 1.48. The van der Waals surface area contributed by atoms with Crippen molar-refractivity contribution in [3.8, 4) is 11.5 Å². The molecule has 1 amide bonds. The van der Waals surface area contributed by atoms with Gasteiger partial charge in [0.25, 0.3) is 0 Å². The third-order valence-corrected chi connectivity index (χ3v) is 4.58. The van der Waals surface area contributed by atoms with Gasteiger partial charge >= 0.3 is 0 Å². The molecule has 0 saturated heterocycles. The van der Waals surface area contributed by atoms with Gasteiger partial charge in [-0.2, -0.15) is 0 Å². The summed E-state index contributed by atoms with van der Waals surface area (Å²) in [6.45, 7) is 4.00. The predicted octanol–water partition coefficient (Wildman–Crippen LogP) is 4.52. The molecule has 28 heavy (non-hydrogen) atoms. The zero-order valence-corrected chi connectivity index (χ0v) is 16.6. The number of anilines is 1. The fraction of sp³-hybridized carbons (Fsp3) is 0.318. The molecule has 0 aliphatic heterocycles. The van der Waals surface area contributed by atoms with Crippen molar-refractivity contribution in [2.45, 2.75) is 32.4 Å². The van der Waals surface area contributed by atoms with Gasteiger partial charge < -0.3 is 24.5 Å². The summed E-state index contributed by atoms with van der Waals surface area (Å²) in [6, 6.07) is 15.2. The first kappa shape index (κ1) is 19.8. The fourth-order valence-corrected chi connectivity index (χ4v) is 3.16. The lowest BCUT2D eigenvalue weighted by molar-refractivity contribution is -0.116. The van der Waals surface area contributed by atoms with Crippen molar-refractivity contribution in [1.82, 2.24) is 5.32 Å². The third-order valence-electron chi connectivity index (χ3n) is 4.58. The molecule has 1 heterocycles. The molecule has 6 heteroatoms. The van der Waals surface area contributed by atoms with E-state index in [0.717, 1.165) is 16.7 Å². The first-order valence-corrected chi connectivity index (χ1v) is 9.26. The van der Waals surface area contributed by atoms with Gasteiger partial charge in [0.2, 0.25) is 5.91 Å². The van der Waals surface area contributed by atoms with E-state index in [4.69, 9.17) is 13.9 Å². The van der Waals surface area contributed by atoms with E-state index in [1.807, 2.05) is 44.2 Å². The smallest absolute Gasteiger partial charge is 0.226 e. The lowest BCUT2D eigenvalue weighted by Gasteiger charge is -2.18. The Kier molecular flexibility index (Phi) is 6.21. The molecule has 0 spiro atoms. The number of nitrogens with one attached hydrogen (secondary N) is 2. The number of carbonyl (C=O) groups excluding carboxylic acids is 1. The van der Waals surface area contributed by atoms with Crippen LogP contribution in [0, 0.1) is 0 Å². The normalized spacial score (nSPS) is 13.1. The second-order valence-electron chi connectivity index (χ2n) is 6.79. The van der Waals surface area contributed by atoms with Crippen LogP contribution in [0.2, 0.25) is 0 Å². The molecule has 2 aromatic carbocycles. The maximum atomic E-state index is 12.4. The highest BCUT2D eigenvalue weighted by atomic mass is 16.5. The lowest BCUT2D eigenvalue weighted by atomic mass is 10.1. The van der Waals surface area contributed by atoms with E-state index in [1.165, 1.54) is 0 Å². The second-order valence-corrected chi connectivity index (χ2v) is 6.79. The highest BCUT2D eigenvalue weighted by Crippen LogP contribution is 2.29. The minimum Gasteiger partial charge on any atom is -0.497 e. The Labute approximate surface area is 164 Å². The van der Waals surface area contributed by atoms with Gasteiger partial charge in [-0.1, -0.05) is 18.2 Å². The number of amides is 1. The summed E-state index contributed by atoms with van der Waals surface area (Å²) in [5.74, 6) is 1.99. The molecule has 0 saturated carbocycles. The Morgan fingerprint density at radius 1 is 1.07 bits per heavy atom. The Morgan fingerprint density at radius 3 is 2.57 bits per heavy atom. The van der Waals surface area contributed by atoms with Crippen molar-refractivity contribution >= 4 is 22.6 Å². The van der Waals surface area contributed by atoms with Crippen molar-refractivity contribution in [2.24, 2.45) is 0 Å². The van der Waals surface area contributed by atoms with Gasteiger partial charge in [0.15, 0.2) is 0 Å². The Bertz CT molecular complexity index is 918. The van der Waals surface area contributed by atoms with Crippen molar-refractivity contribution in [3.05, 3.63) is 54.3 Å². The van der Waals surface area contributed by atoms with Crippen LogP contribution in [0.3, 0.4) is 0 Å². The molecular formula is C22H26N2O4. The molecular weight excluding hydrogens is 356 g/mol. The summed E-state index contributed by atoms with van der Waals surface area (Å²) in [7, 11) is 3.15. The Morgan fingerprint density at radius 2 is 1.86 bits per heavy atom. The molecule has 0 aliphatic carbocycles. The number of furan rings is 1. The molecule has 0 bridgehead atoms. The van der Waals surface area contributed by atoms with Gasteiger partial charge in [0, 0.05) is 23.9 Å². The van der Waals surface area contributed by atoms with Crippen LogP contribution < -0.4 is 20.1 Å². The average molecular weight is 382 g/mol. The van der Waals surface area contributed by atoms with Crippen LogP contribution in [-0.2, 0) is 4.79 Å². The van der Waals surface area contributed by atoms with Gasteiger partial charge in [-0.25, -0.2) is 0 Å². The number of carbonyl (C=O) groups is 1. The third kappa shape index (κ3) is 4.64. The number of hydrogen-bond acceptors (Lipinski definition) is 5. The van der Waals surface area contributed by atoms with Crippen molar-refractivity contribution < 1.29 is 18.7 Å². The number of hydrogen-bond donors (Lipinski definition) is 2. The van der Waals surface area contributed by atoms with E-state index in [2.05, 4.69) is 10.6 Å². The highest BCUT2D eigenvalue weighted by Gasteiger charge is 2.17. The highest BCUT2D eigenvalue weighted by molar-refractivity contribution is 5.92.